The number of benzene rings is 2. The number of hydrogen-bond acceptors (Lipinski definition) is 10. The van der Waals surface area contributed by atoms with Gasteiger partial charge in [-0.25, -0.2) is 8.78 Å². The van der Waals surface area contributed by atoms with Crippen LogP contribution in [0.1, 0.15) is 83.0 Å². The number of halogens is 2. The van der Waals surface area contributed by atoms with E-state index in [1.807, 2.05) is 61.7 Å². The van der Waals surface area contributed by atoms with Crippen LogP contribution in [0.4, 0.5) is 8.78 Å². The highest BCUT2D eigenvalue weighted by Crippen LogP contribution is 2.41. The normalized spacial score (nSPS) is 11.9. The molecule has 1 aromatic heterocycles. The molecule has 1 atom stereocenters. The number of hydrogen-bond donors (Lipinski definition) is 4. The van der Waals surface area contributed by atoms with E-state index in [4.69, 9.17) is 29.8 Å². The molecule has 0 bridgehead atoms. The molecule has 0 radical (unpaired) electrons. The Labute approximate surface area is 368 Å². The first-order valence-corrected chi connectivity index (χ1v) is 21.5. The van der Waals surface area contributed by atoms with Crippen LogP contribution in [0.3, 0.4) is 0 Å². The standard InChI is InChI=1S/C46H65F2N5O10/c1-46(2,3)45(40-29-35(38-30-36(47)12-13-39(38)48)33-52(40)32-34-9-5-4-6-10-34)53(20-8-18-49)43(57)16-14-41(55)50-19-22-61-24-26-63-28-27-62-25-23-60-21-7-11-37(54)31-51-42(56)15-17-44(58)59/h4-6,9-10,12-13,29-30,33,45H,7-8,11,14-28,31-32,49H2,1-3H3,(H,50,55)(H,51,56)(H,58,59)/t45-/m0/s1. The van der Waals surface area contributed by atoms with Crippen LogP contribution in [0.2, 0.25) is 0 Å². The van der Waals surface area contributed by atoms with E-state index in [0.29, 0.717) is 84.3 Å². The van der Waals surface area contributed by atoms with Crippen molar-refractivity contribution in [1.82, 2.24) is 20.1 Å². The maximum atomic E-state index is 15.1. The highest BCUT2D eigenvalue weighted by atomic mass is 19.1. The van der Waals surface area contributed by atoms with E-state index in [1.54, 1.807) is 11.1 Å². The Morgan fingerprint density at radius 2 is 1.38 bits per heavy atom. The molecule has 0 fully saturated rings. The zero-order chi connectivity index (χ0) is 46.0. The Morgan fingerprint density at radius 1 is 0.762 bits per heavy atom. The molecule has 0 unspecified atom stereocenters. The molecule has 0 aliphatic rings. The van der Waals surface area contributed by atoms with Gasteiger partial charge in [0.1, 0.15) is 11.6 Å². The van der Waals surface area contributed by atoms with E-state index in [0.717, 1.165) is 23.4 Å². The number of ether oxygens (including phenoxy) is 4. The van der Waals surface area contributed by atoms with Gasteiger partial charge in [-0.2, -0.15) is 0 Å². The quantitative estimate of drug-likeness (QED) is 0.0613. The van der Waals surface area contributed by atoms with Gasteiger partial charge in [-0.05, 0) is 54.6 Å². The fourth-order valence-corrected chi connectivity index (χ4v) is 6.71. The lowest BCUT2D eigenvalue weighted by molar-refractivity contribution is -0.139. The molecule has 15 nitrogen and oxygen atoms in total. The van der Waals surface area contributed by atoms with Crippen molar-refractivity contribution in [1.29, 1.82) is 0 Å². The lowest BCUT2D eigenvalue weighted by Gasteiger charge is -2.41. The smallest absolute Gasteiger partial charge is 0.303 e. The molecule has 1 heterocycles. The third kappa shape index (κ3) is 20.3. The number of carbonyl (C=O) groups excluding carboxylic acids is 4. The van der Waals surface area contributed by atoms with Gasteiger partial charge in [-0.15, -0.1) is 0 Å². The molecule has 0 aliphatic carbocycles. The van der Waals surface area contributed by atoms with Crippen LogP contribution >= 0.6 is 0 Å². The van der Waals surface area contributed by atoms with Gasteiger partial charge < -0.3 is 49.9 Å². The fraction of sp³-hybridized carbons (Fsp3) is 0.543. The summed E-state index contributed by atoms with van der Waals surface area (Å²) in [7, 11) is 0. The Balaban J connectivity index is 1.37. The summed E-state index contributed by atoms with van der Waals surface area (Å²) >= 11 is 0. The van der Waals surface area contributed by atoms with Crippen LogP contribution in [0.15, 0.2) is 60.8 Å². The Kier molecular flexibility index (Phi) is 23.7. The average Bonchev–Trinajstić information content (AvgIpc) is 3.65. The van der Waals surface area contributed by atoms with E-state index in [1.165, 1.54) is 6.07 Å². The molecule has 3 aromatic rings. The van der Waals surface area contributed by atoms with Crippen molar-refractivity contribution in [3.05, 3.63) is 83.7 Å². The third-order valence-corrected chi connectivity index (χ3v) is 9.74. The number of nitrogens with two attached hydrogens (primary N) is 1. The summed E-state index contributed by atoms with van der Waals surface area (Å²) in [6.45, 7) is 9.97. The summed E-state index contributed by atoms with van der Waals surface area (Å²) in [6, 6.07) is 14.4. The number of nitrogens with zero attached hydrogens (tertiary/aromatic N) is 2. The maximum absolute atomic E-state index is 15.1. The minimum Gasteiger partial charge on any atom is -0.481 e. The SMILES string of the molecule is CC(C)(C)[C@H](c1cc(-c2cc(F)ccc2F)cn1Cc1ccccc1)N(CCCN)C(=O)CCC(=O)NCCOCCOCCOCCOCCCC(=O)CNC(=O)CCC(=O)O. The van der Waals surface area contributed by atoms with Gasteiger partial charge in [-0.3, -0.25) is 24.0 Å². The van der Waals surface area contributed by atoms with Crippen LogP contribution in [-0.4, -0.2) is 123 Å². The van der Waals surface area contributed by atoms with Crippen LogP contribution in [0, 0.1) is 17.0 Å². The van der Waals surface area contributed by atoms with Gasteiger partial charge in [0.15, 0.2) is 5.78 Å². The summed E-state index contributed by atoms with van der Waals surface area (Å²) in [5.41, 5.74) is 7.77. The molecule has 348 valence electrons. The van der Waals surface area contributed by atoms with Gasteiger partial charge >= 0.3 is 5.97 Å². The van der Waals surface area contributed by atoms with E-state index >= 15 is 4.39 Å². The first-order chi connectivity index (χ1) is 30.2. The average molecular weight is 886 g/mol. The summed E-state index contributed by atoms with van der Waals surface area (Å²) in [6.07, 6.45) is 2.52. The van der Waals surface area contributed by atoms with E-state index in [-0.39, 0.29) is 75.0 Å². The summed E-state index contributed by atoms with van der Waals surface area (Å²) < 4.78 is 53.4. The number of aromatic nitrogens is 1. The highest BCUT2D eigenvalue weighted by molar-refractivity contribution is 5.87. The van der Waals surface area contributed by atoms with Crippen molar-refractivity contribution < 1.29 is 56.8 Å². The second kappa shape index (κ2) is 28.6. The van der Waals surface area contributed by atoms with Crippen LogP contribution in [0.25, 0.3) is 11.1 Å². The summed E-state index contributed by atoms with van der Waals surface area (Å²) in [5.74, 6) is -3.34. The molecular weight excluding hydrogens is 821 g/mol. The minimum atomic E-state index is -1.07. The van der Waals surface area contributed by atoms with E-state index in [2.05, 4.69) is 10.6 Å². The molecule has 0 spiro atoms. The van der Waals surface area contributed by atoms with Gasteiger partial charge in [0.2, 0.25) is 17.7 Å². The number of rotatable bonds is 32. The number of carbonyl (C=O) groups is 5. The first kappa shape index (κ1) is 52.3. The second-order valence-electron chi connectivity index (χ2n) is 16.0. The number of carboxylic acids is 1. The number of nitrogens with one attached hydrogen (secondary N) is 2. The number of amides is 3. The van der Waals surface area contributed by atoms with Crippen LogP contribution < -0.4 is 16.4 Å². The Bertz CT molecular complexity index is 1870. The number of ketones is 1. The molecule has 0 aliphatic heterocycles. The first-order valence-electron chi connectivity index (χ1n) is 21.5. The monoisotopic (exact) mass is 885 g/mol. The van der Waals surface area contributed by atoms with E-state index < -0.39 is 35.0 Å². The topological polar surface area (TPSA) is 201 Å². The van der Waals surface area contributed by atoms with Crippen molar-refractivity contribution in [3.8, 4) is 11.1 Å². The zero-order valence-corrected chi connectivity index (χ0v) is 36.8. The van der Waals surface area contributed by atoms with Crippen LogP contribution in [0.5, 0.6) is 0 Å². The molecule has 3 rings (SSSR count). The van der Waals surface area contributed by atoms with Crippen molar-refractivity contribution >= 4 is 29.5 Å². The molecule has 3 amide bonds. The number of aliphatic carboxylic acids is 1. The number of carboxylic acid groups (broad SMARTS) is 1. The largest absolute Gasteiger partial charge is 0.481 e. The molecule has 63 heavy (non-hydrogen) atoms. The minimum absolute atomic E-state index is 0.0346. The predicted octanol–water partition coefficient (Wildman–Crippen LogP) is 5.04. The third-order valence-electron chi connectivity index (χ3n) is 9.74. The molecule has 0 saturated heterocycles. The van der Waals surface area contributed by atoms with Crippen molar-refractivity contribution in [2.24, 2.45) is 11.1 Å². The highest BCUT2D eigenvalue weighted by Gasteiger charge is 2.37. The molecule has 0 saturated carbocycles. The Hall–Kier alpha value is -5.07. The predicted molar refractivity (Wildman–Crippen MR) is 233 cm³/mol. The van der Waals surface area contributed by atoms with Crippen LogP contribution in [-0.2, 0) is 49.5 Å². The fourth-order valence-electron chi connectivity index (χ4n) is 6.71. The Morgan fingerprint density at radius 3 is 2.02 bits per heavy atom. The molecule has 17 heteroatoms. The zero-order valence-electron chi connectivity index (χ0n) is 36.8. The number of Topliss-reactive ketones (excluding diaryl/α,β-unsaturated/α-hetero) is 1. The lowest BCUT2D eigenvalue weighted by Crippen LogP contribution is -2.43. The van der Waals surface area contributed by atoms with Crippen molar-refractivity contribution in [3.63, 3.8) is 0 Å². The van der Waals surface area contributed by atoms with Crippen molar-refractivity contribution in [2.45, 2.75) is 78.3 Å². The van der Waals surface area contributed by atoms with E-state index in [9.17, 15) is 28.4 Å². The van der Waals surface area contributed by atoms with Crippen molar-refractivity contribution in [2.75, 3.05) is 79.0 Å². The van der Waals surface area contributed by atoms with Gasteiger partial charge in [0.25, 0.3) is 0 Å². The molecule has 2 aromatic carbocycles. The second-order valence-corrected chi connectivity index (χ2v) is 16.0. The van der Waals surface area contributed by atoms with Gasteiger partial charge in [0, 0.05) is 74.9 Å². The van der Waals surface area contributed by atoms with Gasteiger partial charge in [0.05, 0.1) is 65.3 Å². The summed E-state index contributed by atoms with van der Waals surface area (Å²) in [4.78, 5) is 62.4. The lowest BCUT2D eigenvalue weighted by atomic mass is 9.82. The summed E-state index contributed by atoms with van der Waals surface area (Å²) in [5, 5.41) is 13.8. The van der Waals surface area contributed by atoms with Gasteiger partial charge in [-0.1, -0.05) is 51.1 Å². The molecular formula is C46H65F2N5O10. The maximum Gasteiger partial charge on any atom is 0.303 e. The molecule has 5 N–H and O–H groups in total.